The Balaban J connectivity index is 1.52. The fourth-order valence-electron chi connectivity index (χ4n) is 3.84. The van der Waals surface area contributed by atoms with Crippen molar-refractivity contribution in [2.45, 2.75) is 30.7 Å². The molecule has 8 nitrogen and oxygen atoms in total. The van der Waals surface area contributed by atoms with Crippen molar-refractivity contribution >= 4 is 27.5 Å². The largest absolute Gasteiger partial charge is 0.334 e. The van der Waals surface area contributed by atoms with Gasteiger partial charge in [-0.05, 0) is 24.1 Å². The number of hydrogen-bond donors (Lipinski definition) is 0. The standard InChI is InChI=1S/C23H25N5O3S2/c1-2-13-27-22(19-8-11-24-12-9-19)25-26-23(27)32-16-21(29)28(15-18-6-4-3-5-7-18)20-10-14-33(30,31)17-20/h2-9,11-12,20H,1,10,13-17H2/t20-/m0/s1. The summed E-state index contributed by atoms with van der Waals surface area (Å²) in [5.41, 5.74) is 1.84. The van der Waals surface area contributed by atoms with E-state index in [9.17, 15) is 13.2 Å². The number of allylic oxidation sites excluding steroid dienone is 1. The van der Waals surface area contributed by atoms with E-state index in [0.717, 1.165) is 11.1 Å². The van der Waals surface area contributed by atoms with Crippen LogP contribution in [0.15, 0.2) is 72.7 Å². The first-order chi connectivity index (χ1) is 16.0. The van der Waals surface area contributed by atoms with E-state index in [4.69, 9.17) is 0 Å². The van der Waals surface area contributed by atoms with Crippen LogP contribution in [0.25, 0.3) is 11.4 Å². The molecule has 0 bridgehead atoms. The second-order valence-corrected chi connectivity index (χ2v) is 11.0. The Labute approximate surface area is 197 Å². The number of aromatic nitrogens is 4. The summed E-state index contributed by atoms with van der Waals surface area (Å²) in [6.45, 7) is 4.69. The second kappa shape index (κ2) is 10.3. The molecule has 0 N–H and O–H groups in total. The SMILES string of the molecule is C=CCn1c(SCC(=O)N(Cc2ccccc2)[C@H]2CCS(=O)(=O)C2)nnc1-c1ccncc1. The highest BCUT2D eigenvalue weighted by atomic mass is 32.2. The number of carbonyl (C=O) groups excluding carboxylic acids is 1. The van der Waals surface area contributed by atoms with Gasteiger partial charge in [0.1, 0.15) is 0 Å². The average molecular weight is 484 g/mol. The summed E-state index contributed by atoms with van der Waals surface area (Å²) >= 11 is 1.29. The summed E-state index contributed by atoms with van der Waals surface area (Å²) in [5.74, 6) is 0.816. The summed E-state index contributed by atoms with van der Waals surface area (Å²) in [7, 11) is -3.12. The third-order valence-corrected chi connectivity index (χ3v) is 8.16. The van der Waals surface area contributed by atoms with E-state index in [0.29, 0.717) is 30.5 Å². The highest BCUT2D eigenvalue weighted by molar-refractivity contribution is 7.99. The molecule has 0 aliphatic carbocycles. The number of benzene rings is 1. The van der Waals surface area contributed by atoms with E-state index in [1.165, 1.54) is 11.8 Å². The Kier molecular flexibility index (Phi) is 7.24. The van der Waals surface area contributed by atoms with Crippen molar-refractivity contribution in [3.8, 4) is 11.4 Å². The molecule has 2 aromatic heterocycles. The lowest BCUT2D eigenvalue weighted by molar-refractivity contribution is -0.130. The van der Waals surface area contributed by atoms with Crippen molar-refractivity contribution in [2.24, 2.45) is 0 Å². The van der Waals surface area contributed by atoms with Crippen molar-refractivity contribution in [1.82, 2.24) is 24.6 Å². The molecule has 0 spiro atoms. The summed E-state index contributed by atoms with van der Waals surface area (Å²) in [4.78, 5) is 19.0. The molecule has 10 heteroatoms. The minimum absolute atomic E-state index is 0.00901. The fraction of sp³-hybridized carbons (Fsp3) is 0.304. The number of pyridine rings is 1. The smallest absolute Gasteiger partial charge is 0.233 e. The lowest BCUT2D eigenvalue weighted by Crippen LogP contribution is -2.41. The Morgan fingerprint density at radius 3 is 2.61 bits per heavy atom. The molecule has 3 aromatic rings. The molecule has 1 aliphatic rings. The maximum absolute atomic E-state index is 13.3. The maximum atomic E-state index is 13.3. The van der Waals surface area contributed by atoms with E-state index in [1.807, 2.05) is 47.0 Å². The fourth-order valence-corrected chi connectivity index (χ4v) is 6.40. The second-order valence-electron chi connectivity index (χ2n) is 7.79. The van der Waals surface area contributed by atoms with Gasteiger partial charge in [-0.25, -0.2) is 8.42 Å². The number of carbonyl (C=O) groups is 1. The van der Waals surface area contributed by atoms with Crippen LogP contribution in [0.1, 0.15) is 12.0 Å². The minimum Gasteiger partial charge on any atom is -0.334 e. The van der Waals surface area contributed by atoms with Gasteiger partial charge in [-0.2, -0.15) is 0 Å². The molecular weight excluding hydrogens is 458 g/mol. The summed E-state index contributed by atoms with van der Waals surface area (Å²) < 4.78 is 26.1. The van der Waals surface area contributed by atoms with Gasteiger partial charge in [0.2, 0.25) is 5.91 Å². The van der Waals surface area contributed by atoms with E-state index < -0.39 is 9.84 Å². The quantitative estimate of drug-likeness (QED) is 0.341. The Morgan fingerprint density at radius 1 is 1.18 bits per heavy atom. The molecule has 1 saturated heterocycles. The van der Waals surface area contributed by atoms with Crippen LogP contribution in [0.5, 0.6) is 0 Å². The molecule has 0 unspecified atom stereocenters. The van der Waals surface area contributed by atoms with Crippen LogP contribution < -0.4 is 0 Å². The van der Waals surface area contributed by atoms with Gasteiger partial charge >= 0.3 is 0 Å². The molecule has 1 fully saturated rings. The zero-order valence-electron chi connectivity index (χ0n) is 18.1. The minimum atomic E-state index is -3.12. The summed E-state index contributed by atoms with van der Waals surface area (Å²) in [6, 6.07) is 13.0. The first-order valence-corrected chi connectivity index (χ1v) is 13.4. The molecule has 172 valence electrons. The van der Waals surface area contributed by atoms with Gasteiger partial charge in [0.15, 0.2) is 20.8 Å². The van der Waals surface area contributed by atoms with E-state index >= 15 is 0 Å². The van der Waals surface area contributed by atoms with Crippen molar-refractivity contribution < 1.29 is 13.2 Å². The molecule has 0 saturated carbocycles. The highest BCUT2D eigenvalue weighted by Gasteiger charge is 2.34. The van der Waals surface area contributed by atoms with Gasteiger partial charge in [-0.1, -0.05) is 48.2 Å². The molecule has 33 heavy (non-hydrogen) atoms. The van der Waals surface area contributed by atoms with Crippen LogP contribution in [-0.4, -0.2) is 62.3 Å². The Hall–Kier alpha value is -2.98. The topological polar surface area (TPSA) is 98.1 Å². The van der Waals surface area contributed by atoms with Crippen LogP contribution in [0.4, 0.5) is 0 Å². The predicted octanol–water partition coefficient (Wildman–Crippen LogP) is 2.83. The van der Waals surface area contributed by atoms with E-state index in [1.54, 1.807) is 23.4 Å². The normalized spacial score (nSPS) is 17.0. The Bertz CT molecular complexity index is 1210. The van der Waals surface area contributed by atoms with Gasteiger partial charge < -0.3 is 4.90 Å². The van der Waals surface area contributed by atoms with Gasteiger partial charge in [-0.15, -0.1) is 16.8 Å². The molecular formula is C23H25N5O3S2. The number of amides is 1. The molecule has 0 radical (unpaired) electrons. The maximum Gasteiger partial charge on any atom is 0.233 e. The molecule has 1 amide bonds. The van der Waals surface area contributed by atoms with Crippen molar-refractivity contribution in [3.63, 3.8) is 0 Å². The zero-order chi connectivity index (χ0) is 23.3. The molecule has 3 heterocycles. The molecule has 4 rings (SSSR count). The first-order valence-electron chi connectivity index (χ1n) is 10.6. The third kappa shape index (κ3) is 5.69. The van der Waals surface area contributed by atoms with Crippen LogP contribution >= 0.6 is 11.8 Å². The number of thioether (sulfide) groups is 1. The van der Waals surface area contributed by atoms with E-state index in [-0.39, 0.29) is 29.2 Å². The first kappa shape index (κ1) is 23.2. The van der Waals surface area contributed by atoms with Crippen molar-refractivity contribution in [1.29, 1.82) is 0 Å². The molecule has 1 aromatic carbocycles. The predicted molar refractivity (Wildman–Crippen MR) is 128 cm³/mol. The van der Waals surface area contributed by atoms with Gasteiger partial charge in [0.25, 0.3) is 0 Å². The van der Waals surface area contributed by atoms with Crippen molar-refractivity contribution in [2.75, 3.05) is 17.3 Å². The average Bonchev–Trinajstić information content (AvgIpc) is 3.40. The van der Waals surface area contributed by atoms with E-state index in [2.05, 4.69) is 21.8 Å². The summed E-state index contributed by atoms with van der Waals surface area (Å²) in [6.07, 6.45) is 5.60. The highest BCUT2D eigenvalue weighted by Crippen LogP contribution is 2.26. The monoisotopic (exact) mass is 483 g/mol. The zero-order valence-corrected chi connectivity index (χ0v) is 19.7. The van der Waals surface area contributed by atoms with Crippen LogP contribution in [-0.2, 0) is 27.7 Å². The molecule has 1 atom stereocenters. The van der Waals surface area contributed by atoms with Crippen LogP contribution in [0, 0.1) is 0 Å². The number of rotatable bonds is 9. The van der Waals surface area contributed by atoms with Gasteiger partial charge in [0.05, 0.1) is 17.3 Å². The number of sulfone groups is 1. The number of hydrogen-bond acceptors (Lipinski definition) is 7. The Morgan fingerprint density at radius 2 is 1.94 bits per heavy atom. The van der Waals surface area contributed by atoms with Gasteiger partial charge in [-0.3, -0.25) is 14.3 Å². The summed E-state index contributed by atoms with van der Waals surface area (Å²) in [5, 5.41) is 9.20. The van der Waals surface area contributed by atoms with Crippen molar-refractivity contribution in [3.05, 3.63) is 73.1 Å². The van der Waals surface area contributed by atoms with Crippen LogP contribution in [0.3, 0.4) is 0 Å². The van der Waals surface area contributed by atoms with Gasteiger partial charge in [0, 0.05) is 37.1 Å². The third-order valence-electron chi connectivity index (χ3n) is 5.46. The molecule has 1 aliphatic heterocycles. The lowest BCUT2D eigenvalue weighted by Gasteiger charge is -2.28. The van der Waals surface area contributed by atoms with Crippen LogP contribution in [0.2, 0.25) is 0 Å². The number of nitrogens with zero attached hydrogens (tertiary/aromatic N) is 5. The lowest BCUT2D eigenvalue weighted by atomic mass is 10.1.